The van der Waals surface area contributed by atoms with Gasteiger partial charge in [0.05, 0.1) is 29.1 Å². The molecule has 2 amide bonds. The van der Waals surface area contributed by atoms with Crippen molar-refractivity contribution < 1.29 is 14.3 Å². The molecule has 3 rings (SSSR count). The van der Waals surface area contributed by atoms with Gasteiger partial charge in [0, 0.05) is 17.2 Å². The van der Waals surface area contributed by atoms with Gasteiger partial charge in [-0.2, -0.15) is 0 Å². The number of ether oxygens (including phenoxy) is 1. The lowest BCUT2D eigenvalue weighted by Crippen LogP contribution is -2.18. The molecule has 1 aromatic heterocycles. The number of hydrogen-bond donors (Lipinski definition) is 2. The van der Waals surface area contributed by atoms with Crippen molar-refractivity contribution in [2.24, 2.45) is 0 Å². The van der Waals surface area contributed by atoms with Crippen LogP contribution < -0.4 is 15.4 Å². The van der Waals surface area contributed by atoms with Crippen molar-refractivity contribution in [3.63, 3.8) is 0 Å². The molecule has 0 aliphatic rings. The largest absolute Gasteiger partial charge is 0.497 e. The SMILES string of the molecule is COc1cccc(NC(=O)c2ccccc2NC(=O)c2sc(C(C)(C)C)nc2C)c1. The molecule has 0 bridgehead atoms. The van der Waals surface area contributed by atoms with E-state index in [4.69, 9.17) is 4.74 Å². The Morgan fingerprint density at radius 2 is 1.73 bits per heavy atom. The summed E-state index contributed by atoms with van der Waals surface area (Å²) in [7, 11) is 1.57. The van der Waals surface area contributed by atoms with Crippen molar-refractivity contribution in [1.29, 1.82) is 0 Å². The minimum atomic E-state index is -0.324. The minimum absolute atomic E-state index is 0.136. The van der Waals surface area contributed by atoms with E-state index >= 15 is 0 Å². The number of anilines is 2. The third-order valence-electron chi connectivity index (χ3n) is 4.39. The molecule has 7 heteroatoms. The van der Waals surface area contributed by atoms with E-state index in [1.54, 1.807) is 55.6 Å². The number of aromatic nitrogens is 1. The maximum atomic E-state index is 12.9. The van der Waals surface area contributed by atoms with Gasteiger partial charge in [-0.25, -0.2) is 4.98 Å². The smallest absolute Gasteiger partial charge is 0.267 e. The van der Waals surface area contributed by atoms with Crippen LogP contribution in [0, 0.1) is 6.92 Å². The molecule has 0 saturated heterocycles. The van der Waals surface area contributed by atoms with Gasteiger partial charge >= 0.3 is 0 Å². The lowest BCUT2D eigenvalue weighted by atomic mass is 9.98. The summed E-state index contributed by atoms with van der Waals surface area (Å²) in [5.41, 5.74) is 1.96. The van der Waals surface area contributed by atoms with Crippen molar-refractivity contribution in [1.82, 2.24) is 4.98 Å². The average molecular weight is 424 g/mol. The number of rotatable bonds is 5. The summed E-state index contributed by atoms with van der Waals surface area (Å²) in [5.74, 6) is 0.0439. The van der Waals surface area contributed by atoms with Crippen LogP contribution in [0.1, 0.15) is 51.5 Å². The number of methoxy groups -OCH3 is 1. The highest BCUT2D eigenvalue weighted by Gasteiger charge is 2.24. The highest BCUT2D eigenvalue weighted by molar-refractivity contribution is 7.14. The summed E-state index contributed by atoms with van der Waals surface area (Å²) in [6, 6.07) is 14.0. The Balaban J connectivity index is 1.82. The van der Waals surface area contributed by atoms with Gasteiger partial charge < -0.3 is 15.4 Å². The Kier molecular flexibility index (Phi) is 6.22. The molecule has 0 radical (unpaired) electrons. The molecule has 30 heavy (non-hydrogen) atoms. The summed E-state index contributed by atoms with van der Waals surface area (Å²) in [6.07, 6.45) is 0. The van der Waals surface area contributed by atoms with Crippen LogP contribution in [-0.2, 0) is 5.41 Å². The molecule has 0 fully saturated rings. The molecule has 6 nitrogen and oxygen atoms in total. The van der Waals surface area contributed by atoms with Gasteiger partial charge in [0.15, 0.2) is 0 Å². The normalized spacial score (nSPS) is 11.1. The van der Waals surface area contributed by atoms with Crippen molar-refractivity contribution in [3.8, 4) is 5.75 Å². The number of hydrogen-bond acceptors (Lipinski definition) is 5. The first-order valence-corrected chi connectivity index (χ1v) is 10.3. The predicted molar refractivity (Wildman–Crippen MR) is 121 cm³/mol. The van der Waals surface area contributed by atoms with Crippen molar-refractivity contribution in [3.05, 3.63) is 69.7 Å². The Labute approximate surface area is 180 Å². The molecule has 3 aromatic rings. The number of nitrogens with one attached hydrogen (secondary N) is 2. The molecule has 2 aromatic carbocycles. The van der Waals surface area contributed by atoms with Crippen LogP contribution in [0.25, 0.3) is 0 Å². The molecule has 0 aliphatic carbocycles. The van der Waals surface area contributed by atoms with Crippen LogP contribution in [0.3, 0.4) is 0 Å². The first-order chi connectivity index (χ1) is 14.2. The zero-order chi connectivity index (χ0) is 21.9. The first-order valence-electron chi connectivity index (χ1n) is 9.52. The quantitative estimate of drug-likeness (QED) is 0.586. The van der Waals surface area contributed by atoms with Gasteiger partial charge in [-0.05, 0) is 31.2 Å². The van der Waals surface area contributed by atoms with Gasteiger partial charge in [0.1, 0.15) is 10.6 Å². The van der Waals surface area contributed by atoms with Gasteiger partial charge in [0.25, 0.3) is 11.8 Å². The lowest BCUT2D eigenvalue weighted by molar-refractivity contribution is 0.102. The van der Waals surface area contributed by atoms with Crippen LogP contribution in [-0.4, -0.2) is 23.9 Å². The van der Waals surface area contributed by atoms with E-state index in [9.17, 15) is 9.59 Å². The van der Waals surface area contributed by atoms with E-state index in [-0.39, 0.29) is 17.2 Å². The standard InChI is InChI=1S/C23H25N3O3S/c1-14-19(30-22(24-14)23(2,3)4)21(28)26-18-12-7-6-11-17(18)20(27)25-15-9-8-10-16(13-15)29-5/h6-13H,1-5H3,(H,25,27)(H,26,28). The minimum Gasteiger partial charge on any atom is -0.497 e. The van der Waals surface area contributed by atoms with E-state index in [1.165, 1.54) is 11.3 Å². The van der Waals surface area contributed by atoms with Crippen LogP contribution in [0.2, 0.25) is 0 Å². The Hall–Kier alpha value is -3.19. The van der Waals surface area contributed by atoms with Crippen molar-refractivity contribution >= 4 is 34.5 Å². The number of para-hydroxylation sites is 1. The highest BCUT2D eigenvalue weighted by atomic mass is 32.1. The average Bonchev–Trinajstić information content (AvgIpc) is 3.11. The fourth-order valence-electron chi connectivity index (χ4n) is 2.80. The molecule has 2 N–H and O–H groups in total. The fourth-order valence-corrected chi connectivity index (χ4v) is 3.82. The summed E-state index contributed by atoms with van der Waals surface area (Å²) in [4.78, 5) is 30.8. The van der Waals surface area contributed by atoms with Crippen molar-refractivity contribution in [2.45, 2.75) is 33.1 Å². The van der Waals surface area contributed by atoms with Crippen molar-refractivity contribution in [2.75, 3.05) is 17.7 Å². The van der Waals surface area contributed by atoms with Gasteiger partial charge in [-0.3, -0.25) is 9.59 Å². The number of benzene rings is 2. The number of aryl methyl sites for hydroxylation is 1. The molecule has 0 aliphatic heterocycles. The monoisotopic (exact) mass is 423 g/mol. The van der Waals surface area contributed by atoms with E-state index in [0.717, 1.165) is 5.01 Å². The molecular weight excluding hydrogens is 398 g/mol. The number of carbonyl (C=O) groups is 2. The molecule has 0 saturated carbocycles. The van der Waals surface area contributed by atoms with Crippen LogP contribution in [0.15, 0.2) is 48.5 Å². The summed E-state index contributed by atoms with van der Waals surface area (Å²) in [5, 5.41) is 6.61. The predicted octanol–water partition coefficient (Wildman–Crippen LogP) is 5.26. The second-order valence-electron chi connectivity index (χ2n) is 7.87. The second kappa shape index (κ2) is 8.67. The zero-order valence-electron chi connectivity index (χ0n) is 17.7. The third-order valence-corrected chi connectivity index (χ3v) is 5.97. The summed E-state index contributed by atoms with van der Waals surface area (Å²) < 4.78 is 5.19. The summed E-state index contributed by atoms with van der Waals surface area (Å²) in [6.45, 7) is 8.00. The Morgan fingerprint density at radius 1 is 1.00 bits per heavy atom. The lowest BCUT2D eigenvalue weighted by Gasteiger charge is -2.13. The highest BCUT2D eigenvalue weighted by Crippen LogP contribution is 2.30. The van der Waals surface area contributed by atoms with Crippen LogP contribution in [0.5, 0.6) is 5.75 Å². The number of amides is 2. The van der Waals surface area contributed by atoms with Gasteiger partial charge in [0.2, 0.25) is 0 Å². The summed E-state index contributed by atoms with van der Waals surface area (Å²) >= 11 is 1.38. The van der Waals surface area contributed by atoms with E-state index in [2.05, 4.69) is 36.4 Å². The first kappa shape index (κ1) is 21.5. The number of carbonyl (C=O) groups excluding carboxylic acids is 2. The third kappa shape index (κ3) is 4.86. The van der Waals surface area contributed by atoms with Crippen LogP contribution in [0.4, 0.5) is 11.4 Å². The van der Waals surface area contributed by atoms with Crippen LogP contribution >= 0.6 is 11.3 Å². The molecule has 0 unspecified atom stereocenters. The maximum Gasteiger partial charge on any atom is 0.267 e. The van der Waals surface area contributed by atoms with E-state index < -0.39 is 0 Å². The van der Waals surface area contributed by atoms with E-state index in [0.29, 0.717) is 33.3 Å². The molecule has 0 atom stereocenters. The fraction of sp³-hybridized carbons (Fsp3) is 0.261. The Bertz CT molecular complexity index is 1080. The molecular formula is C23H25N3O3S. The molecule has 0 spiro atoms. The second-order valence-corrected chi connectivity index (χ2v) is 8.87. The number of thiazole rings is 1. The Morgan fingerprint density at radius 3 is 2.40 bits per heavy atom. The topological polar surface area (TPSA) is 80.3 Å². The van der Waals surface area contributed by atoms with Gasteiger partial charge in [-0.15, -0.1) is 11.3 Å². The van der Waals surface area contributed by atoms with Gasteiger partial charge in [-0.1, -0.05) is 39.0 Å². The van der Waals surface area contributed by atoms with E-state index in [1.807, 2.05) is 6.92 Å². The zero-order valence-corrected chi connectivity index (χ0v) is 18.5. The molecule has 156 valence electrons. The molecule has 1 heterocycles. The maximum absolute atomic E-state index is 12.9. The number of nitrogens with zero attached hydrogens (tertiary/aromatic N) is 1.